The molecule has 0 saturated carbocycles. The van der Waals surface area contributed by atoms with Crippen LogP contribution in [0.15, 0.2) is 29.8 Å². The molecule has 0 atom stereocenters. The van der Waals surface area contributed by atoms with Gasteiger partial charge in [-0.1, -0.05) is 24.3 Å². The van der Waals surface area contributed by atoms with Gasteiger partial charge in [0.1, 0.15) is 5.57 Å². The minimum atomic E-state index is -1.20. The van der Waals surface area contributed by atoms with E-state index in [2.05, 4.69) is 0 Å². The first-order chi connectivity index (χ1) is 8.39. The van der Waals surface area contributed by atoms with Gasteiger partial charge in [0.2, 0.25) is 0 Å². The number of benzene rings is 1. The van der Waals surface area contributed by atoms with E-state index in [9.17, 15) is 9.59 Å². The fourth-order valence-corrected chi connectivity index (χ4v) is 1.68. The van der Waals surface area contributed by atoms with Crippen molar-refractivity contribution >= 4 is 18.0 Å². The van der Waals surface area contributed by atoms with Crippen LogP contribution in [-0.2, 0) is 19.1 Å². The van der Waals surface area contributed by atoms with Crippen LogP contribution in [-0.4, -0.2) is 17.7 Å². The normalized spacial score (nSPS) is 18.1. The molecule has 1 fully saturated rings. The zero-order valence-electron chi connectivity index (χ0n) is 10.5. The van der Waals surface area contributed by atoms with Crippen LogP contribution >= 0.6 is 0 Å². The minimum absolute atomic E-state index is 0.0800. The van der Waals surface area contributed by atoms with E-state index in [1.165, 1.54) is 19.9 Å². The molecule has 0 aromatic heterocycles. The summed E-state index contributed by atoms with van der Waals surface area (Å²) in [6.07, 6.45) is 1.50. The van der Waals surface area contributed by atoms with E-state index in [4.69, 9.17) is 9.47 Å². The molecular weight excluding hydrogens is 232 g/mol. The van der Waals surface area contributed by atoms with Crippen LogP contribution in [0.5, 0.6) is 0 Å². The van der Waals surface area contributed by atoms with Crippen LogP contribution in [0.25, 0.3) is 6.08 Å². The molecule has 1 aromatic carbocycles. The van der Waals surface area contributed by atoms with Gasteiger partial charge in [-0.3, -0.25) is 0 Å². The minimum Gasteiger partial charge on any atom is -0.419 e. The molecule has 18 heavy (non-hydrogen) atoms. The van der Waals surface area contributed by atoms with Crippen LogP contribution in [0.3, 0.4) is 0 Å². The van der Waals surface area contributed by atoms with Gasteiger partial charge >= 0.3 is 11.9 Å². The molecule has 0 amide bonds. The first-order valence-corrected chi connectivity index (χ1v) is 5.63. The molecule has 0 spiro atoms. The Kier molecular flexibility index (Phi) is 2.95. The Labute approximate surface area is 105 Å². The lowest BCUT2D eigenvalue weighted by molar-refractivity contribution is -0.222. The summed E-state index contributed by atoms with van der Waals surface area (Å²) < 4.78 is 10.0. The van der Waals surface area contributed by atoms with Gasteiger partial charge in [-0.15, -0.1) is 0 Å². The molecule has 1 aromatic rings. The first-order valence-electron chi connectivity index (χ1n) is 5.63. The molecule has 0 radical (unpaired) electrons. The molecular formula is C14H14O4. The Morgan fingerprint density at radius 1 is 1.06 bits per heavy atom. The van der Waals surface area contributed by atoms with E-state index in [0.717, 1.165) is 11.1 Å². The predicted molar refractivity (Wildman–Crippen MR) is 65.4 cm³/mol. The monoisotopic (exact) mass is 246 g/mol. The second-order valence-corrected chi connectivity index (χ2v) is 4.59. The predicted octanol–water partition coefficient (Wildman–Crippen LogP) is 2.21. The fraction of sp³-hybridized carbons (Fsp3) is 0.286. The largest absolute Gasteiger partial charge is 0.419 e. The summed E-state index contributed by atoms with van der Waals surface area (Å²) >= 11 is 0. The van der Waals surface area contributed by atoms with E-state index in [0.29, 0.717) is 0 Å². The molecule has 94 valence electrons. The third-order valence-corrected chi connectivity index (χ3v) is 2.61. The lowest BCUT2D eigenvalue weighted by Crippen LogP contribution is -2.41. The number of ether oxygens (including phenoxy) is 2. The summed E-state index contributed by atoms with van der Waals surface area (Å²) in [5, 5.41) is 0. The Morgan fingerprint density at radius 3 is 2.17 bits per heavy atom. The Hall–Kier alpha value is -2.10. The highest BCUT2D eigenvalue weighted by Crippen LogP contribution is 2.24. The molecule has 0 N–H and O–H groups in total. The van der Waals surface area contributed by atoms with Crippen LogP contribution in [0.1, 0.15) is 25.0 Å². The van der Waals surface area contributed by atoms with Gasteiger partial charge in [-0.05, 0) is 24.1 Å². The van der Waals surface area contributed by atoms with Crippen LogP contribution < -0.4 is 0 Å². The van der Waals surface area contributed by atoms with Crippen molar-refractivity contribution in [1.82, 2.24) is 0 Å². The molecule has 0 bridgehead atoms. The van der Waals surface area contributed by atoms with Gasteiger partial charge in [0.05, 0.1) is 0 Å². The summed E-state index contributed by atoms with van der Waals surface area (Å²) in [5.74, 6) is -2.50. The number of esters is 2. The second kappa shape index (κ2) is 4.29. The molecule has 0 aliphatic carbocycles. The highest BCUT2D eigenvalue weighted by Gasteiger charge is 2.38. The van der Waals surface area contributed by atoms with Gasteiger partial charge in [-0.2, -0.15) is 0 Å². The summed E-state index contributed by atoms with van der Waals surface area (Å²) in [4.78, 5) is 23.5. The summed E-state index contributed by atoms with van der Waals surface area (Å²) in [6.45, 7) is 4.94. The van der Waals surface area contributed by atoms with Crippen molar-refractivity contribution in [3.05, 3.63) is 41.0 Å². The molecule has 2 rings (SSSR count). The summed E-state index contributed by atoms with van der Waals surface area (Å²) in [5.41, 5.74) is 1.68. The van der Waals surface area contributed by atoms with Gasteiger partial charge < -0.3 is 9.47 Å². The van der Waals surface area contributed by atoms with E-state index >= 15 is 0 Å². The third kappa shape index (κ3) is 2.42. The Balaban J connectivity index is 2.37. The lowest BCUT2D eigenvalue weighted by atomic mass is 10.1. The van der Waals surface area contributed by atoms with Gasteiger partial charge in [-0.25, -0.2) is 9.59 Å². The zero-order valence-corrected chi connectivity index (χ0v) is 10.5. The maximum Gasteiger partial charge on any atom is 0.348 e. The lowest BCUT2D eigenvalue weighted by Gasteiger charge is -2.29. The molecule has 1 saturated heterocycles. The standard InChI is InChI=1S/C14H14O4/c1-9-6-4-5-7-10(9)8-11-12(15)17-14(2,3)18-13(11)16/h4-8H,1-3H3. The number of aryl methyl sites for hydroxylation is 1. The van der Waals surface area contributed by atoms with Crippen molar-refractivity contribution < 1.29 is 19.1 Å². The van der Waals surface area contributed by atoms with E-state index in [1.54, 1.807) is 0 Å². The third-order valence-electron chi connectivity index (χ3n) is 2.61. The van der Waals surface area contributed by atoms with Crippen molar-refractivity contribution in [1.29, 1.82) is 0 Å². The molecule has 1 aliphatic rings. The van der Waals surface area contributed by atoms with Gasteiger partial charge in [0.15, 0.2) is 0 Å². The molecule has 4 nitrogen and oxygen atoms in total. The Morgan fingerprint density at radius 2 is 1.61 bits per heavy atom. The second-order valence-electron chi connectivity index (χ2n) is 4.59. The van der Waals surface area contributed by atoms with Crippen molar-refractivity contribution in [3.63, 3.8) is 0 Å². The Bertz CT molecular complexity index is 518. The quantitative estimate of drug-likeness (QED) is 0.433. The molecule has 4 heteroatoms. The SMILES string of the molecule is Cc1ccccc1C=C1C(=O)OC(C)(C)OC1=O. The average molecular weight is 246 g/mol. The van der Waals surface area contributed by atoms with Crippen LogP contribution in [0.4, 0.5) is 0 Å². The summed E-state index contributed by atoms with van der Waals surface area (Å²) in [6, 6.07) is 7.44. The summed E-state index contributed by atoms with van der Waals surface area (Å²) in [7, 11) is 0. The fourth-order valence-electron chi connectivity index (χ4n) is 1.68. The van der Waals surface area contributed by atoms with Crippen molar-refractivity contribution in [3.8, 4) is 0 Å². The number of carbonyl (C=O) groups is 2. The zero-order chi connectivity index (χ0) is 13.3. The van der Waals surface area contributed by atoms with E-state index < -0.39 is 17.7 Å². The number of hydrogen-bond acceptors (Lipinski definition) is 4. The molecule has 1 heterocycles. The maximum absolute atomic E-state index is 11.7. The molecule has 0 unspecified atom stereocenters. The number of cyclic esters (lactones) is 2. The van der Waals surface area contributed by atoms with Crippen LogP contribution in [0.2, 0.25) is 0 Å². The molecule has 1 aliphatic heterocycles. The van der Waals surface area contributed by atoms with Gasteiger partial charge in [0.25, 0.3) is 5.79 Å². The highest BCUT2D eigenvalue weighted by molar-refractivity contribution is 6.18. The van der Waals surface area contributed by atoms with Gasteiger partial charge in [0, 0.05) is 13.8 Å². The average Bonchev–Trinajstić information content (AvgIpc) is 2.24. The topological polar surface area (TPSA) is 52.6 Å². The van der Waals surface area contributed by atoms with E-state index in [1.807, 2.05) is 31.2 Å². The van der Waals surface area contributed by atoms with Crippen LogP contribution in [0, 0.1) is 6.92 Å². The van der Waals surface area contributed by atoms with Crippen molar-refractivity contribution in [2.45, 2.75) is 26.6 Å². The van der Waals surface area contributed by atoms with Crippen molar-refractivity contribution in [2.75, 3.05) is 0 Å². The maximum atomic E-state index is 11.7. The number of hydrogen-bond donors (Lipinski definition) is 0. The number of carbonyl (C=O) groups excluding carboxylic acids is 2. The highest BCUT2D eigenvalue weighted by atomic mass is 16.7. The van der Waals surface area contributed by atoms with Crippen molar-refractivity contribution in [2.24, 2.45) is 0 Å². The number of rotatable bonds is 1. The first kappa shape index (κ1) is 12.4. The smallest absolute Gasteiger partial charge is 0.348 e. The van der Waals surface area contributed by atoms with E-state index in [-0.39, 0.29) is 5.57 Å².